The van der Waals surface area contributed by atoms with Crippen molar-refractivity contribution in [2.75, 3.05) is 7.11 Å². The van der Waals surface area contributed by atoms with E-state index >= 15 is 0 Å². The van der Waals surface area contributed by atoms with Crippen molar-refractivity contribution in [2.24, 2.45) is 11.7 Å². The third kappa shape index (κ3) is 3.25. The van der Waals surface area contributed by atoms with Crippen LogP contribution in [-0.4, -0.2) is 36.1 Å². The maximum Gasteiger partial charge on any atom is 0.315 e. The molecule has 2 amide bonds. The summed E-state index contributed by atoms with van der Waals surface area (Å²) in [6.07, 6.45) is 9.26. The lowest BCUT2D eigenvalue weighted by atomic mass is 9.81. The Morgan fingerprint density at radius 3 is 2.20 bits per heavy atom. The third-order valence-corrected chi connectivity index (χ3v) is 4.81. The molecule has 2 aliphatic rings. The van der Waals surface area contributed by atoms with Crippen LogP contribution in [0.1, 0.15) is 57.8 Å². The Hall–Kier alpha value is -1.26. The largest absolute Gasteiger partial charge is 0.469 e. The number of hydrogen-bond acceptors (Lipinski definition) is 3. The SMILES string of the molecule is COC(=O)C1CCCCC1N(C(N)=O)C1CCCCC1. The second kappa shape index (κ2) is 6.95. The predicted molar refractivity (Wildman–Crippen MR) is 76.1 cm³/mol. The van der Waals surface area contributed by atoms with Gasteiger partial charge in [0.25, 0.3) is 0 Å². The van der Waals surface area contributed by atoms with Crippen LogP contribution in [0, 0.1) is 5.92 Å². The first-order valence-corrected chi connectivity index (χ1v) is 7.80. The highest BCUT2D eigenvalue weighted by atomic mass is 16.5. The van der Waals surface area contributed by atoms with Crippen molar-refractivity contribution >= 4 is 12.0 Å². The lowest BCUT2D eigenvalue weighted by molar-refractivity contribution is -0.149. The van der Waals surface area contributed by atoms with Crippen LogP contribution >= 0.6 is 0 Å². The van der Waals surface area contributed by atoms with Crippen LogP contribution in [0.2, 0.25) is 0 Å². The fraction of sp³-hybridized carbons (Fsp3) is 0.867. The van der Waals surface area contributed by atoms with Crippen molar-refractivity contribution in [3.05, 3.63) is 0 Å². The summed E-state index contributed by atoms with van der Waals surface area (Å²) < 4.78 is 4.92. The summed E-state index contributed by atoms with van der Waals surface area (Å²) in [5.74, 6) is -0.403. The lowest BCUT2D eigenvalue weighted by Gasteiger charge is -2.43. The molecular formula is C15H26N2O3. The van der Waals surface area contributed by atoms with E-state index in [9.17, 15) is 9.59 Å². The maximum absolute atomic E-state index is 12.0. The van der Waals surface area contributed by atoms with Crippen molar-refractivity contribution < 1.29 is 14.3 Å². The molecule has 0 aromatic heterocycles. The summed E-state index contributed by atoms with van der Waals surface area (Å²) >= 11 is 0. The summed E-state index contributed by atoms with van der Waals surface area (Å²) in [6, 6.07) is -0.244. The normalized spacial score (nSPS) is 27.9. The molecule has 2 unspecified atom stereocenters. The highest BCUT2D eigenvalue weighted by Crippen LogP contribution is 2.33. The second-order valence-electron chi connectivity index (χ2n) is 6.02. The predicted octanol–water partition coefficient (Wildman–Crippen LogP) is 2.43. The Balaban J connectivity index is 2.16. The van der Waals surface area contributed by atoms with E-state index in [4.69, 9.17) is 10.5 Å². The molecular weight excluding hydrogens is 256 g/mol. The number of ether oxygens (including phenoxy) is 1. The highest BCUT2D eigenvalue weighted by molar-refractivity contribution is 5.77. The molecule has 2 atom stereocenters. The van der Waals surface area contributed by atoms with Crippen LogP contribution in [0.4, 0.5) is 4.79 Å². The molecule has 0 saturated heterocycles. The van der Waals surface area contributed by atoms with Gasteiger partial charge < -0.3 is 15.4 Å². The molecule has 2 fully saturated rings. The average Bonchev–Trinajstić information content (AvgIpc) is 2.48. The molecule has 0 heterocycles. The van der Waals surface area contributed by atoms with Crippen LogP contribution in [-0.2, 0) is 9.53 Å². The summed E-state index contributed by atoms with van der Waals surface area (Å²) in [5.41, 5.74) is 5.64. The smallest absolute Gasteiger partial charge is 0.315 e. The van der Waals surface area contributed by atoms with Gasteiger partial charge in [-0.15, -0.1) is 0 Å². The second-order valence-corrected chi connectivity index (χ2v) is 6.02. The molecule has 2 saturated carbocycles. The number of carbonyl (C=O) groups excluding carboxylic acids is 2. The molecule has 0 spiro atoms. The summed E-state index contributed by atoms with van der Waals surface area (Å²) in [4.78, 5) is 25.7. The monoisotopic (exact) mass is 282 g/mol. The number of primary amides is 1. The standard InChI is InChI=1S/C15H26N2O3/c1-20-14(18)12-9-5-6-10-13(12)17(15(16)19)11-7-3-2-4-8-11/h11-13H,2-10H2,1H3,(H2,16,19). The Labute approximate surface area is 120 Å². The zero-order valence-corrected chi connectivity index (χ0v) is 12.3. The Kier molecular flexibility index (Phi) is 5.26. The zero-order valence-electron chi connectivity index (χ0n) is 12.3. The number of esters is 1. The fourth-order valence-electron chi connectivity index (χ4n) is 3.84. The number of nitrogens with zero attached hydrogens (tertiary/aromatic N) is 1. The quantitative estimate of drug-likeness (QED) is 0.808. The third-order valence-electron chi connectivity index (χ3n) is 4.81. The number of carbonyl (C=O) groups is 2. The molecule has 5 heteroatoms. The van der Waals surface area contributed by atoms with Crippen molar-refractivity contribution in [1.82, 2.24) is 4.90 Å². The number of amides is 2. The van der Waals surface area contributed by atoms with Gasteiger partial charge in [-0.1, -0.05) is 32.1 Å². The van der Waals surface area contributed by atoms with Crippen molar-refractivity contribution in [3.63, 3.8) is 0 Å². The summed E-state index contributed by atoms with van der Waals surface area (Å²) in [5, 5.41) is 0. The van der Waals surface area contributed by atoms with Crippen molar-refractivity contribution in [1.29, 1.82) is 0 Å². The van der Waals surface area contributed by atoms with Crippen LogP contribution in [0.15, 0.2) is 0 Å². The van der Waals surface area contributed by atoms with Gasteiger partial charge >= 0.3 is 12.0 Å². The number of urea groups is 1. The Morgan fingerprint density at radius 2 is 1.60 bits per heavy atom. The number of rotatable bonds is 3. The molecule has 2 aliphatic carbocycles. The van der Waals surface area contributed by atoms with Gasteiger partial charge in [-0.3, -0.25) is 4.79 Å². The molecule has 0 aromatic carbocycles. The maximum atomic E-state index is 12.0. The van der Waals surface area contributed by atoms with E-state index < -0.39 is 0 Å². The van der Waals surface area contributed by atoms with E-state index in [1.165, 1.54) is 13.5 Å². The van der Waals surface area contributed by atoms with Crippen LogP contribution in [0.3, 0.4) is 0 Å². The van der Waals surface area contributed by atoms with Gasteiger partial charge in [0.2, 0.25) is 0 Å². The topological polar surface area (TPSA) is 72.6 Å². The minimum absolute atomic E-state index is 0.0724. The molecule has 0 aliphatic heterocycles. The number of nitrogens with two attached hydrogens (primary N) is 1. The summed E-state index contributed by atoms with van der Waals surface area (Å²) in [7, 11) is 1.42. The number of methoxy groups -OCH3 is 1. The van der Waals surface area contributed by atoms with Crippen LogP contribution in [0.25, 0.3) is 0 Å². The molecule has 5 nitrogen and oxygen atoms in total. The minimum atomic E-state index is -0.377. The van der Waals surface area contributed by atoms with Gasteiger partial charge in [-0.05, 0) is 25.7 Å². The van der Waals surface area contributed by atoms with E-state index in [1.807, 2.05) is 0 Å². The summed E-state index contributed by atoms with van der Waals surface area (Å²) in [6.45, 7) is 0. The van der Waals surface area contributed by atoms with Gasteiger partial charge in [0.05, 0.1) is 13.0 Å². The first kappa shape index (κ1) is 15.1. The molecule has 2 N–H and O–H groups in total. The minimum Gasteiger partial charge on any atom is -0.469 e. The van der Waals surface area contributed by atoms with Gasteiger partial charge in [-0.25, -0.2) is 4.79 Å². The molecule has 114 valence electrons. The number of hydrogen-bond donors (Lipinski definition) is 1. The molecule has 0 radical (unpaired) electrons. The van der Waals surface area contributed by atoms with E-state index in [-0.39, 0.29) is 30.0 Å². The molecule has 0 aromatic rings. The lowest BCUT2D eigenvalue weighted by Crippen LogP contribution is -2.55. The Morgan fingerprint density at radius 1 is 1.00 bits per heavy atom. The van der Waals surface area contributed by atoms with Crippen molar-refractivity contribution in [3.8, 4) is 0 Å². The fourth-order valence-corrected chi connectivity index (χ4v) is 3.84. The molecule has 20 heavy (non-hydrogen) atoms. The van der Waals surface area contributed by atoms with Gasteiger partial charge in [0.1, 0.15) is 0 Å². The average molecular weight is 282 g/mol. The van der Waals surface area contributed by atoms with Gasteiger partial charge in [0, 0.05) is 12.1 Å². The highest BCUT2D eigenvalue weighted by Gasteiger charge is 2.40. The van der Waals surface area contributed by atoms with E-state index in [0.29, 0.717) is 0 Å². The van der Waals surface area contributed by atoms with E-state index in [2.05, 4.69) is 0 Å². The van der Waals surface area contributed by atoms with E-state index in [0.717, 1.165) is 51.4 Å². The zero-order chi connectivity index (χ0) is 14.5. The first-order chi connectivity index (χ1) is 9.65. The van der Waals surface area contributed by atoms with Crippen molar-refractivity contribution in [2.45, 2.75) is 69.9 Å². The van der Waals surface area contributed by atoms with Gasteiger partial charge in [-0.2, -0.15) is 0 Å². The molecule has 0 bridgehead atoms. The van der Waals surface area contributed by atoms with Crippen LogP contribution in [0.5, 0.6) is 0 Å². The Bertz CT molecular complexity index is 353. The van der Waals surface area contributed by atoms with Gasteiger partial charge in [0.15, 0.2) is 0 Å². The van der Waals surface area contributed by atoms with Crippen LogP contribution < -0.4 is 5.73 Å². The first-order valence-electron chi connectivity index (χ1n) is 7.80. The molecule has 2 rings (SSSR count). The van der Waals surface area contributed by atoms with E-state index in [1.54, 1.807) is 4.90 Å².